The molecule has 0 aliphatic carbocycles. The van der Waals surface area contributed by atoms with E-state index in [0.29, 0.717) is 0 Å². The van der Waals surface area contributed by atoms with Gasteiger partial charge < -0.3 is 5.11 Å². The smallest absolute Gasteiger partial charge is 0.116 e. The summed E-state index contributed by atoms with van der Waals surface area (Å²) in [7, 11) is 0. The molecule has 0 fully saturated rings. The van der Waals surface area contributed by atoms with Crippen molar-refractivity contribution in [2.45, 2.75) is 13.0 Å². The Morgan fingerprint density at radius 3 is 2.78 bits per heavy atom. The van der Waals surface area contributed by atoms with Gasteiger partial charge in [0.25, 0.3) is 0 Å². The van der Waals surface area contributed by atoms with Crippen LogP contribution < -0.4 is 0 Å². The van der Waals surface area contributed by atoms with Crippen molar-refractivity contribution in [1.29, 1.82) is 0 Å². The van der Waals surface area contributed by atoms with Crippen LogP contribution in [0.5, 0.6) is 0 Å². The summed E-state index contributed by atoms with van der Waals surface area (Å²) in [6.07, 6.45) is 1.17. The Morgan fingerprint density at radius 2 is 2.00 bits per heavy atom. The predicted octanol–water partition coefficient (Wildman–Crippen LogP) is 3.69. The van der Waals surface area contributed by atoms with Gasteiger partial charge in [0, 0.05) is 22.0 Å². The Bertz CT molecular complexity index is 684. The molecule has 90 valence electrons. The molecule has 1 atom stereocenters. The zero-order chi connectivity index (χ0) is 12.5. The normalized spacial score (nSPS) is 12.8. The molecular formula is C15H13NOS. The molecule has 0 aliphatic rings. The summed E-state index contributed by atoms with van der Waals surface area (Å²) in [6, 6.07) is 11.9. The maximum Gasteiger partial charge on any atom is 0.116 e. The summed E-state index contributed by atoms with van der Waals surface area (Å²) in [5, 5.41) is 13.6. The summed E-state index contributed by atoms with van der Waals surface area (Å²) < 4.78 is 0. The number of rotatable bonds is 2. The molecular weight excluding hydrogens is 242 g/mol. The second-order valence-electron chi connectivity index (χ2n) is 4.29. The van der Waals surface area contributed by atoms with E-state index in [1.165, 1.54) is 0 Å². The van der Waals surface area contributed by atoms with Crippen LogP contribution >= 0.6 is 11.3 Å². The van der Waals surface area contributed by atoms with Crippen LogP contribution in [0.2, 0.25) is 0 Å². The Morgan fingerprint density at radius 1 is 1.17 bits per heavy atom. The fourth-order valence-corrected chi connectivity index (χ4v) is 3.08. The van der Waals surface area contributed by atoms with Crippen molar-refractivity contribution in [2.24, 2.45) is 0 Å². The van der Waals surface area contributed by atoms with E-state index < -0.39 is 6.10 Å². The highest BCUT2D eigenvalue weighted by Gasteiger charge is 2.17. The number of aliphatic hydroxyl groups excluding tert-OH is 1. The molecule has 3 rings (SSSR count). The number of nitrogens with zero attached hydrogens (tertiary/aromatic N) is 1. The number of para-hydroxylation sites is 1. The lowest BCUT2D eigenvalue weighted by Gasteiger charge is -2.12. The zero-order valence-corrected chi connectivity index (χ0v) is 10.8. The van der Waals surface area contributed by atoms with Crippen LogP contribution in [0.4, 0.5) is 0 Å². The van der Waals surface area contributed by atoms with Gasteiger partial charge >= 0.3 is 0 Å². The van der Waals surface area contributed by atoms with Gasteiger partial charge in [0.05, 0.1) is 5.52 Å². The van der Waals surface area contributed by atoms with Gasteiger partial charge in [0.1, 0.15) is 6.10 Å². The highest BCUT2D eigenvalue weighted by Crippen LogP contribution is 2.32. The van der Waals surface area contributed by atoms with Crippen LogP contribution in [0.15, 0.2) is 48.0 Å². The molecule has 3 aromatic rings. The van der Waals surface area contributed by atoms with E-state index in [-0.39, 0.29) is 0 Å². The van der Waals surface area contributed by atoms with Crippen molar-refractivity contribution >= 4 is 22.2 Å². The number of pyridine rings is 1. The van der Waals surface area contributed by atoms with E-state index in [0.717, 1.165) is 26.9 Å². The summed E-state index contributed by atoms with van der Waals surface area (Å²) in [5.41, 5.74) is 2.87. The van der Waals surface area contributed by atoms with Crippen LogP contribution in [-0.2, 0) is 0 Å². The van der Waals surface area contributed by atoms with Crippen molar-refractivity contribution in [3.8, 4) is 0 Å². The van der Waals surface area contributed by atoms with Crippen LogP contribution in [0, 0.1) is 6.92 Å². The Hall–Kier alpha value is -1.71. The van der Waals surface area contributed by atoms with E-state index in [9.17, 15) is 5.11 Å². The number of hydrogen-bond acceptors (Lipinski definition) is 3. The van der Waals surface area contributed by atoms with Crippen LogP contribution in [0.25, 0.3) is 10.9 Å². The SMILES string of the molecule is Cc1ccsc1C(O)c1cccc2cccnc12. The molecule has 1 N–H and O–H groups in total. The van der Waals surface area contributed by atoms with Gasteiger partial charge in [-0.1, -0.05) is 24.3 Å². The molecule has 2 heterocycles. The molecule has 1 unspecified atom stereocenters. The summed E-state index contributed by atoms with van der Waals surface area (Å²) in [5.74, 6) is 0. The zero-order valence-electron chi connectivity index (χ0n) is 10.00. The van der Waals surface area contributed by atoms with Crippen LogP contribution in [0.1, 0.15) is 22.1 Å². The number of benzene rings is 1. The summed E-state index contributed by atoms with van der Waals surface area (Å²) in [6.45, 7) is 2.02. The highest BCUT2D eigenvalue weighted by atomic mass is 32.1. The molecule has 2 aromatic heterocycles. The first kappa shape index (κ1) is 11.4. The lowest BCUT2D eigenvalue weighted by Crippen LogP contribution is -2.00. The van der Waals surface area contributed by atoms with Gasteiger partial charge in [-0.3, -0.25) is 4.98 Å². The minimum absolute atomic E-state index is 0.594. The fraction of sp³-hybridized carbons (Fsp3) is 0.133. The first-order valence-corrected chi connectivity index (χ1v) is 6.71. The first-order valence-electron chi connectivity index (χ1n) is 5.83. The lowest BCUT2D eigenvalue weighted by atomic mass is 10.0. The quantitative estimate of drug-likeness (QED) is 0.757. The average Bonchev–Trinajstić information content (AvgIpc) is 2.83. The standard InChI is InChI=1S/C15H13NOS/c1-10-7-9-18-15(10)14(17)12-6-2-4-11-5-3-8-16-13(11)12/h2-9,14,17H,1H3. The largest absolute Gasteiger partial charge is 0.383 e. The first-order chi connectivity index (χ1) is 8.77. The third-order valence-electron chi connectivity index (χ3n) is 3.11. The minimum Gasteiger partial charge on any atom is -0.383 e. The molecule has 0 spiro atoms. The second kappa shape index (κ2) is 4.52. The van der Waals surface area contributed by atoms with E-state index in [1.807, 2.05) is 48.7 Å². The Balaban J connectivity index is 2.18. The fourth-order valence-electron chi connectivity index (χ4n) is 2.15. The van der Waals surface area contributed by atoms with E-state index >= 15 is 0 Å². The van der Waals surface area contributed by atoms with Crippen LogP contribution in [0.3, 0.4) is 0 Å². The van der Waals surface area contributed by atoms with Gasteiger partial charge in [0.15, 0.2) is 0 Å². The molecule has 2 nitrogen and oxygen atoms in total. The lowest BCUT2D eigenvalue weighted by molar-refractivity contribution is 0.225. The van der Waals surface area contributed by atoms with Crippen molar-refractivity contribution in [3.63, 3.8) is 0 Å². The van der Waals surface area contributed by atoms with Gasteiger partial charge in [-0.2, -0.15) is 0 Å². The maximum absolute atomic E-state index is 10.5. The van der Waals surface area contributed by atoms with Crippen molar-refractivity contribution in [3.05, 3.63) is 64.0 Å². The number of aryl methyl sites for hydroxylation is 1. The highest BCUT2D eigenvalue weighted by molar-refractivity contribution is 7.10. The van der Waals surface area contributed by atoms with Crippen LogP contribution in [-0.4, -0.2) is 10.1 Å². The molecule has 0 aliphatic heterocycles. The molecule has 0 radical (unpaired) electrons. The van der Waals surface area contributed by atoms with E-state index in [4.69, 9.17) is 0 Å². The summed E-state index contributed by atoms with van der Waals surface area (Å²) in [4.78, 5) is 5.38. The molecule has 0 saturated heterocycles. The van der Waals surface area contributed by atoms with Gasteiger partial charge in [-0.05, 0) is 30.0 Å². The molecule has 1 aromatic carbocycles. The Kier molecular flexibility index (Phi) is 2.86. The molecule has 18 heavy (non-hydrogen) atoms. The van der Waals surface area contributed by atoms with E-state index in [1.54, 1.807) is 17.5 Å². The minimum atomic E-state index is -0.594. The second-order valence-corrected chi connectivity index (χ2v) is 5.24. The number of aliphatic hydroxyl groups is 1. The molecule has 0 saturated carbocycles. The number of aromatic nitrogens is 1. The third kappa shape index (κ3) is 1.82. The van der Waals surface area contributed by atoms with Gasteiger partial charge in [0.2, 0.25) is 0 Å². The predicted molar refractivity (Wildman–Crippen MR) is 74.9 cm³/mol. The molecule has 3 heteroatoms. The third-order valence-corrected chi connectivity index (χ3v) is 4.18. The van der Waals surface area contributed by atoms with Crippen molar-refractivity contribution in [1.82, 2.24) is 4.98 Å². The topological polar surface area (TPSA) is 33.1 Å². The maximum atomic E-state index is 10.5. The Labute approximate surface area is 110 Å². The van der Waals surface area contributed by atoms with Crippen molar-refractivity contribution in [2.75, 3.05) is 0 Å². The van der Waals surface area contributed by atoms with Gasteiger partial charge in [-0.15, -0.1) is 11.3 Å². The molecule has 0 bridgehead atoms. The number of thiophene rings is 1. The van der Waals surface area contributed by atoms with Gasteiger partial charge in [-0.25, -0.2) is 0 Å². The van der Waals surface area contributed by atoms with Crippen molar-refractivity contribution < 1.29 is 5.11 Å². The number of fused-ring (bicyclic) bond motifs is 1. The monoisotopic (exact) mass is 255 g/mol. The molecule has 0 amide bonds. The van der Waals surface area contributed by atoms with E-state index in [2.05, 4.69) is 4.98 Å². The summed E-state index contributed by atoms with van der Waals surface area (Å²) >= 11 is 1.58. The average molecular weight is 255 g/mol. The number of hydrogen-bond donors (Lipinski definition) is 1.